The summed E-state index contributed by atoms with van der Waals surface area (Å²) in [7, 11) is 2.02. The third kappa shape index (κ3) is 11.1. The van der Waals surface area contributed by atoms with Crippen molar-refractivity contribution in [3.8, 4) is 5.75 Å². The minimum Gasteiger partial charge on any atom is -0.488 e. The van der Waals surface area contributed by atoms with E-state index < -0.39 is 17.6 Å². The minimum atomic E-state index is -4.65. The first kappa shape index (κ1) is 41.6. The van der Waals surface area contributed by atoms with Crippen LogP contribution in [0.3, 0.4) is 0 Å². The van der Waals surface area contributed by atoms with Gasteiger partial charge < -0.3 is 25.4 Å². The number of aliphatic hydroxyl groups is 1. The van der Waals surface area contributed by atoms with E-state index in [4.69, 9.17) is 9.84 Å². The van der Waals surface area contributed by atoms with Crippen LogP contribution < -0.4 is 15.4 Å². The van der Waals surface area contributed by atoms with Crippen LogP contribution in [0.4, 0.5) is 24.5 Å². The summed E-state index contributed by atoms with van der Waals surface area (Å²) in [5, 5.41) is 14.8. The van der Waals surface area contributed by atoms with Crippen molar-refractivity contribution in [3.05, 3.63) is 158 Å². The van der Waals surface area contributed by atoms with Crippen LogP contribution in [-0.2, 0) is 45.1 Å². The van der Waals surface area contributed by atoms with Gasteiger partial charge in [-0.3, -0.25) is 14.5 Å². The van der Waals surface area contributed by atoms with Crippen molar-refractivity contribution < 1.29 is 32.6 Å². The van der Waals surface area contributed by atoms with Gasteiger partial charge in [0.15, 0.2) is 0 Å². The normalized spacial score (nSPS) is 14.1. The number of rotatable bonds is 10. The maximum atomic E-state index is 13.7. The SMILES string of the molecule is CCc1ccc(C(=O)Nc2ccc3c(c2)CN(CCO)CC3)cc1Br.CN1CCc2ccc(NC(=O)c3ccc(OCc4ccccc4)c(C(F)(F)F)c3)cc2C1. The summed E-state index contributed by atoms with van der Waals surface area (Å²) in [6.07, 6.45) is -1.81. The van der Waals surface area contributed by atoms with Gasteiger partial charge in [-0.1, -0.05) is 71.4 Å². The number of alkyl halides is 3. The first-order valence-corrected chi connectivity index (χ1v) is 19.7. The number of anilines is 2. The highest BCUT2D eigenvalue weighted by molar-refractivity contribution is 9.10. The third-order valence-corrected chi connectivity index (χ3v) is 10.9. The zero-order chi connectivity index (χ0) is 40.5. The molecule has 5 aromatic rings. The quantitative estimate of drug-likeness (QED) is 0.130. The molecular formula is C45H46BrF3N4O4. The Labute approximate surface area is 339 Å². The van der Waals surface area contributed by atoms with Crippen molar-refractivity contribution in [1.29, 1.82) is 0 Å². The number of aryl methyl sites for hydroxylation is 1. The van der Waals surface area contributed by atoms with Gasteiger partial charge in [-0.25, -0.2) is 0 Å². The van der Waals surface area contributed by atoms with Crippen molar-refractivity contribution in [3.63, 3.8) is 0 Å². The minimum absolute atomic E-state index is 0.000957. The lowest BCUT2D eigenvalue weighted by Crippen LogP contribution is -2.32. The monoisotopic (exact) mass is 842 g/mol. The molecule has 8 nitrogen and oxygen atoms in total. The van der Waals surface area contributed by atoms with Gasteiger partial charge in [0, 0.05) is 59.7 Å². The second-order valence-corrected chi connectivity index (χ2v) is 15.1. The van der Waals surface area contributed by atoms with Crippen LogP contribution in [0.1, 0.15) is 66.6 Å². The molecule has 0 saturated heterocycles. The molecule has 298 valence electrons. The van der Waals surface area contributed by atoms with E-state index >= 15 is 0 Å². The molecule has 7 rings (SSSR count). The van der Waals surface area contributed by atoms with Crippen molar-refractivity contribution in [1.82, 2.24) is 9.80 Å². The highest BCUT2D eigenvalue weighted by Crippen LogP contribution is 2.37. The molecular weight excluding hydrogens is 797 g/mol. The zero-order valence-corrected chi connectivity index (χ0v) is 33.6. The Morgan fingerprint density at radius 3 is 2.00 bits per heavy atom. The number of ether oxygens (including phenoxy) is 1. The molecule has 3 N–H and O–H groups in total. The number of amides is 2. The molecule has 0 radical (unpaired) electrons. The first-order chi connectivity index (χ1) is 27.4. The van der Waals surface area contributed by atoms with E-state index in [1.54, 1.807) is 30.3 Å². The number of β-amino-alcohol motifs (C(OH)–C–C–N with tert-alkyl or cyclic N) is 1. The maximum absolute atomic E-state index is 13.7. The van der Waals surface area contributed by atoms with Crippen molar-refractivity contribution in [2.45, 2.75) is 52.1 Å². The van der Waals surface area contributed by atoms with Crippen LogP contribution in [0.25, 0.3) is 0 Å². The molecule has 12 heteroatoms. The van der Waals surface area contributed by atoms with Gasteiger partial charge in [0.25, 0.3) is 11.8 Å². The van der Waals surface area contributed by atoms with Crippen molar-refractivity contribution in [2.24, 2.45) is 0 Å². The Morgan fingerprint density at radius 1 is 0.772 bits per heavy atom. The van der Waals surface area contributed by atoms with Crippen LogP contribution in [0.5, 0.6) is 5.75 Å². The van der Waals surface area contributed by atoms with Gasteiger partial charge in [-0.2, -0.15) is 13.2 Å². The number of carbonyl (C=O) groups is 2. The first-order valence-electron chi connectivity index (χ1n) is 18.9. The zero-order valence-electron chi connectivity index (χ0n) is 32.0. The lowest BCUT2D eigenvalue weighted by atomic mass is 9.99. The van der Waals surface area contributed by atoms with E-state index in [-0.39, 0.29) is 30.4 Å². The van der Waals surface area contributed by atoms with Gasteiger partial charge >= 0.3 is 6.18 Å². The predicted molar refractivity (Wildman–Crippen MR) is 221 cm³/mol. The Kier molecular flexibility index (Phi) is 13.8. The molecule has 0 aromatic heterocycles. The van der Waals surface area contributed by atoms with E-state index in [1.165, 1.54) is 34.4 Å². The number of nitrogens with one attached hydrogen (secondary N) is 2. The molecule has 0 atom stereocenters. The molecule has 57 heavy (non-hydrogen) atoms. The molecule has 0 bridgehead atoms. The van der Waals surface area contributed by atoms with Gasteiger partial charge in [0.1, 0.15) is 12.4 Å². The third-order valence-electron chi connectivity index (χ3n) is 10.1. The summed E-state index contributed by atoms with van der Waals surface area (Å²) in [5.74, 6) is -1.02. The predicted octanol–water partition coefficient (Wildman–Crippen LogP) is 9.14. The number of fused-ring (bicyclic) bond motifs is 2. The molecule has 0 spiro atoms. The van der Waals surface area contributed by atoms with E-state index in [1.807, 2.05) is 55.6 Å². The smallest absolute Gasteiger partial charge is 0.419 e. The van der Waals surface area contributed by atoms with Crippen molar-refractivity contribution >= 4 is 39.1 Å². The molecule has 5 aromatic carbocycles. The van der Waals surface area contributed by atoms with Gasteiger partial charge in [-0.05, 0) is 114 Å². The fraction of sp³-hybridized carbons (Fsp3) is 0.289. The van der Waals surface area contributed by atoms with Gasteiger partial charge in [0.2, 0.25) is 0 Å². The lowest BCUT2D eigenvalue weighted by Gasteiger charge is -2.28. The summed E-state index contributed by atoms with van der Waals surface area (Å²) < 4.78 is 47.3. The van der Waals surface area contributed by atoms with E-state index in [0.717, 1.165) is 72.8 Å². The summed E-state index contributed by atoms with van der Waals surface area (Å²) in [4.78, 5) is 29.6. The average Bonchev–Trinajstić information content (AvgIpc) is 3.20. The fourth-order valence-corrected chi connectivity index (χ4v) is 7.60. The van der Waals surface area contributed by atoms with Crippen LogP contribution >= 0.6 is 15.9 Å². The number of hydrogen-bond acceptors (Lipinski definition) is 6. The largest absolute Gasteiger partial charge is 0.488 e. The molecule has 2 aliphatic rings. The Balaban J connectivity index is 0.000000199. The van der Waals surface area contributed by atoms with Crippen LogP contribution in [0.15, 0.2) is 108 Å². The van der Waals surface area contributed by atoms with Crippen molar-refractivity contribution in [2.75, 3.05) is 43.9 Å². The molecule has 0 fully saturated rings. The van der Waals surface area contributed by atoms with Gasteiger partial charge in [0.05, 0.1) is 12.2 Å². The number of carbonyl (C=O) groups excluding carboxylic acids is 2. The number of aliphatic hydroxyl groups excluding tert-OH is 1. The molecule has 0 saturated carbocycles. The molecule has 2 aliphatic heterocycles. The molecule has 0 unspecified atom stereocenters. The highest BCUT2D eigenvalue weighted by atomic mass is 79.9. The summed E-state index contributed by atoms with van der Waals surface area (Å²) >= 11 is 3.53. The standard InChI is InChI=1S/C25H23F3N2O2.C20H23BrN2O2/c1-30-12-11-18-7-9-21(13-20(18)15-30)29-24(31)19-8-10-23(22(14-19)25(26,27)28)32-16-17-5-3-2-4-6-17;1-2-14-3-4-16(12-19(14)21)20(25)22-18-6-5-15-7-8-23(9-10-24)13-17(15)11-18/h2-10,13-14H,11-12,15-16H2,1H3,(H,29,31);3-6,11-12,24H,2,7-10,13H2,1H3,(H,22,25). The number of likely N-dealkylation sites (N-methyl/N-ethyl adjacent to an activating group) is 1. The Hall–Kier alpha value is -5.01. The van der Waals surface area contributed by atoms with Crippen LogP contribution in [0.2, 0.25) is 0 Å². The molecule has 0 aliphatic carbocycles. The van der Waals surface area contributed by atoms with E-state index in [2.05, 4.69) is 49.4 Å². The molecule has 2 heterocycles. The Bertz CT molecular complexity index is 2200. The second kappa shape index (κ2) is 19.0. The highest BCUT2D eigenvalue weighted by Gasteiger charge is 2.35. The summed E-state index contributed by atoms with van der Waals surface area (Å²) in [6, 6.07) is 29.8. The fourth-order valence-electron chi connectivity index (χ4n) is 6.94. The second-order valence-electron chi connectivity index (χ2n) is 14.3. The topological polar surface area (TPSA) is 94.1 Å². The Morgan fingerprint density at radius 2 is 1.39 bits per heavy atom. The lowest BCUT2D eigenvalue weighted by molar-refractivity contribution is -0.139. The number of benzene rings is 5. The summed E-state index contributed by atoms with van der Waals surface area (Å²) in [6.45, 7) is 6.48. The van der Waals surface area contributed by atoms with Crippen LogP contribution in [0, 0.1) is 0 Å². The summed E-state index contributed by atoms with van der Waals surface area (Å²) in [5.41, 5.74) is 7.76. The average molecular weight is 844 g/mol. The number of hydrogen-bond donors (Lipinski definition) is 3. The van der Waals surface area contributed by atoms with E-state index in [9.17, 15) is 22.8 Å². The van der Waals surface area contributed by atoms with E-state index in [0.29, 0.717) is 17.8 Å². The number of nitrogens with zero attached hydrogens (tertiary/aromatic N) is 2. The number of halogens is 4. The van der Waals surface area contributed by atoms with Crippen LogP contribution in [-0.4, -0.2) is 60.0 Å². The van der Waals surface area contributed by atoms with Gasteiger partial charge in [-0.15, -0.1) is 0 Å². The maximum Gasteiger partial charge on any atom is 0.419 e. The molecule has 2 amide bonds.